The van der Waals surface area contributed by atoms with Gasteiger partial charge in [0.05, 0.1) is 0 Å². The Labute approximate surface area is 108 Å². The molecule has 2 atom stereocenters. The highest BCUT2D eigenvalue weighted by Gasteiger charge is 2.25. The van der Waals surface area contributed by atoms with Crippen LogP contribution in [0.4, 0.5) is 0 Å². The second kappa shape index (κ2) is 6.60. The molecule has 0 amide bonds. The predicted molar refractivity (Wildman–Crippen MR) is 73.3 cm³/mol. The molecule has 0 aliphatic carbocycles. The van der Waals surface area contributed by atoms with Gasteiger partial charge in [-0.2, -0.15) is 0 Å². The molecule has 16 heavy (non-hydrogen) atoms. The molecule has 2 N–H and O–H groups in total. The van der Waals surface area contributed by atoms with E-state index >= 15 is 0 Å². The Morgan fingerprint density at radius 1 is 1.56 bits per heavy atom. The van der Waals surface area contributed by atoms with E-state index in [0.29, 0.717) is 12.1 Å². The van der Waals surface area contributed by atoms with Crippen LogP contribution in [-0.2, 0) is 6.54 Å². The van der Waals surface area contributed by atoms with E-state index in [9.17, 15) is 0 Å². The van der Waals surface area contributed by atoms with Gasteiger partial charge in [0.25, 0.3) is 0 Å². The van der Waals surface area contributed by atoms with Gasteiger partial charge >= 0.3 is 0 Å². The molecule has 1 aliphatic rings. The van der Waals surface area contributed by atoms with Crippen molar-refractivity contribution in [1.29, 1.82) is 0 Å². The third-order valence-electron chi connectivity index (χ3n) is 3.21. The fourth-order valence-electron chi connectivity index (χ4n) is 2.41. The Kier molecular flexibility index (Phi) is 5.76. The largest absolute Gasteiger partial charge is 0.327 e. The van der Waals surface area contributed by atoms with E-state index in [-0.39, 0.29) is 12.4 Å². The van der Waals surface area contributed by atoms with Gasteiger partial charge in [-0.15, -0.1) is 23.7 Å². The molecule has 0 bridgehead atoms. The summed E-state index contributed by atoms with van der Waals surface area (Å²) in [7, 11) is 0. The summed E-state index contributed by atoms with van der Waals surface area (Å²) in [4.78, 5) is 4.02. The monoisotopic (exact) mass is 260 g/mol. The maximum Gasteiger partial charge on any atom is 0.0331 e. The van der Waals surface area contributed by atoms with Crippen molar-refractivity contribution in [3.8, 4) is 0 Å². The molecule has 4 heteroatoms. The molecule has 92 valence electrons. The third kappa shape index (κ3) is 3.45. The molecular weight excluding hydrogens is 240 g/mol. The number of nitrogens with zero attached hydrogens (tertiary/aromatic N) is 1. The van der Waals surface area contributed by atoms with Crippen molar-refractivity contribution < 1.29 is 0 Å². The third-order valence-corrected chi connectivity index (χ3v) is 4.07. The fraction of sp³-hybridized carbons (Fsp3) is 0.667. The summed E-state index contributed by atoms with van der Waals surface area (Å²) in [5.74, 6) is 0. The number of hydrogen-bond acceptors (Lipinski definition) is 3. The highest BCUT2D eigenvalue weighted by molar-refractivity contribution is 7.09. The van der Waals surface area contributed by atoms with Crippen LogP contribution in [0.1, 0.15) is 31.1 Å². The van der Waals surface area contributed by atoms with E-state index in [0.717, 1.165) is 6.54 Å². The average molecular weight is 261 g/mol. The number of rotatable bonds is 3. The van der Waals surface area contributed by atoms with Crippen LogP contribution >= 0.6 is 23.7 Å². The predicted octanol–water partition coefficient (Wildman–Crippen LogP) is 2.87. The minimum Gasteiger partial charge on any atom is -0.327 e. The van der Waals surface area contributed by atoms with Gasteiger partial charge in [-0.1, -0.05) is 12.5 Å². The van der Waals surface area contributed by atoms with Gasteiger partial charge in [0, 0.05) is 23.5 Å². The topological polar surface area (TPSA) is 29.3 Å². The summed E-state index contributed by atoms with van der Waals surface area (Å²) in [6.07, 6.45) is 3.94. The molecule has 1 aliphatic heterocycles. The smallest absolute Gasteiger partial charge is 0.0331 e. The van der Waals surface area contributed by atoms with Crippen molar-refractivity contribution in [2.45, 2.75) is 44.8 Å². The Balaban J connectivity index is 0.00000128. The highest BCUT2D eigenvalue weighted by Crippen LogP contribution is 2.22. The molecule has 0 radical (unpaired) electrons. The number of hydrogen-bond donors (Lipinski definition) is 1. The zero-order valence-electron chi connectivity index (χ0n) is 9.76. The molecule has 2 heterocycles. The first kappa shape index (κ1) is 14.0. The number of halogens is 1. The van der Waals surface area contributed by atoms with Crippen LogP contribution in [0.3, 0.4) is 0 Å². The first-order valence-electron chi connectivity index (χ1n) is 5.79. The van der Waals surface area contributed by atoms with Crippen molar-refractivity contribution in [2.75, 3.05) is 6.54 Å². The van der Waals surface area contributed by atoms with Crippen molar-refractivity contribution in [3.63, 3.8) is 0 Å². The summed E-state index contributed by atoms with van der Waals surface area (Å²) in [6.45, 7) is 4.44. The lowest BCUT2D eigenvalue weighted by molar-refractivity contribution is 0.124. The van der Waals surface area contributed by atoms with Crippen LogP contribution < -0.4 is 5.73 Å². The van der Waals surface area contributed by atoms with Gasteiger partial charge in [-0.25, -0.2) is 0 Å². The molecule has 2 nitrogen and oxygen atoms in total. The van der Waals surface area contributed by atoms with Crippen LogP contribution in [0.2, 0.25) is 0 Å². The lowest BCUT2D eigenvalue weighted by Gasteiger charge is -2.37. The lowest BCUT2D eigenvalue weighted by atomic mass is 9.97. The minimum atomic E-state index is 0. The second-order valence-electron chi connectivity index (χ2n) is 4.47. The second-order valence-corrected chi connectivity index (χ2v) is 5.50. The highest BCUT2D eigenvalue weighted by atomic mass is 35.5. The Hall–Kier alpha value is -0.0900. The number of likely N-dealkylation sites (tertiary alicyclic amines) is 1. The van der Waals surface area contributed by atoms with Gasteiger partial charge in [-0.05, 0) is 37.8 Å². The molecular formula is C12H21ClN2S. The number of piperidine rings is 1. The summed E-state index contributed by atoms with van der Waals surface area (Å²) in [5, 5.41) is 2.15. The fourth-order valence-corrected chi connectivity index (χ4v) is 3.14. The maximum atomic E-state index is 6.05. The van der Waals surface area contributed by atoms with E-state index in [1.54, 1.807) is 0 Å². The van der Waals surface area contributed by atoms with Crippen LogP contribution in [0.25, 0.3) is 0 Å². The maximum absolute atomic E-state index is 6.05. The molecule has 1 saturated heterocycles. The van der Waals surface area contributed by atoms with Gasteiger partial charge in [0.15, 0.2) is 0 Å². The van der Waals surface area contributed by atoms with Gasteiger partial charge < -0.3 is 5.73 Å². The van der Waals surface area contributed by atoms with Crippen LogP contribution in [0.15, 0.2) is 17.5 Å². The van der Waals surface area contributed by atoms with Crippen LogP contribution in [0, 0.1) is 0 Å². The van der Waals surface area contributed by atoms with Crippen molar-refractivity contribution in [1.82, 2.24) is 4.90 Å². The van der Waals surface area contributed by atoms with E-state index in [1.807, 2.05) is 11.3 Å². The SMILES string of the molecule is CC(N)C1CCCCN1Cc1cccs1.Cl. The van der Waals surface area contributed by atoms with Gasteiger partial charge in [0.1, 0.15) is 0 Å². The lowest BCUT2D eigenvalue weighted by Crippen LogP contribution is -2.48. The molecule has 2 rings (SSSR count). The van der Waals surface area contributed by atoms with Crippen molar-refractivity contribution in [2.24, 2.45) is 5.73 Å². The minimum absolute atomic E-state index is 0. The summed E-state index contributed by atoms with van der Waals surface area (Å²) in [6, 6.07) is 5.23. The molecule has 0 aromatic carbocycles. The zero-order chi connectivity index (χ0) is 10.7. The van der Waals surface area contributed by atoms with Crippen molar-refractivity contribution >= 4 is 23.7 Å². The number of nitrogens with two attached hydrogens (primary N) is 1. The Morgan fingerprint density at radius 3 is 3.00 bits per heavy atom. The normalized spacial score (nSPS) is 23.8. The van der Waals surface area contributed by atoms with E-state index in [2.05, 4.69) is 29.3 Å². The Morgan fingerprint density at radius 2 is 2.38 bits per heavy atom. The zero-order valence-corrected chi connectivity index (χ0v) is 11.4. The first-order chi connectivity index (χ1) is 7.27. The summed E-state index contributed by atoms with van der Waals surface area (Å²) >= 11 is 1.85. The summed E-state index contributed by atoms with van der Waals surface area (Å²) in [5.41, 5.74) is 6.05. The standard InChI is InChI=1S/C12H20N2S.ClH/c1-10(13)12-6-2-3-7-14(12)9-11-5-4-8-15-11;/h4-5,8,10,12H,2-3,6-7,9,13H2,1H3;1H. The van der Waals surface area contributed by atoms with Gasteiger partial charge in [-0.3, -0.25) is 4.90 Å². The summed E-state index contributed by atoms with van der Waals surface area (Å²) < 4.78 is 0. The molecule has 2 unspecified atom stereocenters. The molecule has 0 spiro atoms. The van der Waals surface area contributed by atoms with Gasteiger partial charge in [0.2, 0.25) is 0 Å². The molecule has 0 saturated carbocycles. The molecule has 1 fully saturated rings. The average Bonchev–Trinajstić information content (AvgIpc) is 2.71. The van der Waals surface area contributed by atoms with Crippen LogP contribution in [-0.4, -0.2) is 23.5 Å². The van der Waals surface area contributed by atoms with E-state index in [4.69, 9.17) is 5.73 Å². The first-order valence-corrected chi connectivity index (χ1v) is 6.67. The Bertz CT molecular complexity index is 287. The van der Waals surface area contributed by atoms with E-state index < -0.39 is 0 Å². The van der Waals surface area contributed by atoms with Crippen molar-refractivity contribution in [3.05, 3.63) is 22.4 Å². The van der Waals surface area contributed by atoms with E-state index in [1.165, 1.54) is 30.7 Å². The molecule has 1 aromatic heterocycles. The van der Waals surface area contributed by atoms with Crippen LogP contribution in [0.5, 0.6) is 0 Å². The number of thiophene rings is 1. The molecule has 1 aromatic rings. The quantitative estimate of drug-likeness (QED) is 0.906.